The zero-order valence-electron chi connectivity index (χ0n) is 6.78. The van der Waals surface area contributed by atoms with Gasteiger partial charge in [-0.15, -0.1) is 0 Å². The molecule has 0 rings (SSSR count). The van der Waals surface area contributed by atoms with E-state index in [-0.39, 0.29) is 49.6 Å². The molecule has 1 N–H and O–H groups in total. The van der Waals surface area contributed by atoms with Crippen LogP contribution in [0.1, 0.15) is 14.3 Å². The Balaban J connectivity index is -0.000000320. The number of hydrogen-bond acceptors (Lipinski definition) is 3. The first-order valence-electron chi connectivity index (χ1n) is 2.45. The molecule has 0 aromatic heterocycles. The molecule has 0 aromatic carbocycles. The van der Waals surface area contributed by atoms with Crippen molar-refractivity contribution in [3.8, 4) is 0 Å². The first-order valence-corrected chi connectivity index (χ1v) is 4.06. The Morgan fingerprint density at radius 1 is 1.50 bits per heavy atom. The molecule has 0 aliphatic carbocycles. The van der Waals surface area contributed by atoms with Crippen molar-refractivity contribution < 1.29 is 48.7 Å². The van der Waals surface area contributed by atoms with Crippen LogP contribution in [0.2, 0.25) is 0 Å². The summed E-state index contributed by atoms with van der Waals surface area (Å²) in [6.45, 7) is 0. The van der Waals surface area contributed by atoms with Gasteiger partial charge in [0.1, 0.15) is 6.29 Å². The number of aldehydes is 1. The van der Waals surface area contributed by atoms with Crippen LogP contribution in [0.4, 0.5) is 0 Å². The Hall–Kier alpha value is 0.580. The Bertz CT molecular complexity index is 179. The van der Waals surface area contributed by atoms with E-state index in [4.69, 9.17) is 4.55 Å². The first-order chi connectivity index (χ1) is 4.06. The van der Waals surface area contributed by atoms with Crippen molar-refractivity contribution in [3.05, 3.63) is 0 Å². The van der Waals surface area contributed by atoms with Crippen LogP contribution in [-0.4, -0.2) is 25.0 Å². The van der Waals surface area contributed by atoms with Crippen molar-refractivity contribution in [1.82, 2.24) is 0 Å². The standard InChI is InChI=1S/C4H8O4S.Na.H/c5-3-1-2-4-9(6,7)8;;/h3H,1-2,4H2,(H,6,7,8);;/q;+1;-1. The fourth-order valence-electron chi connectivity index (χ4n) is 0.349. The van der Waals surface area contributed by atoms with E-state index >= 15 is 0 Å². The fourth-order valence-corrected chi connectivity index (χ4v) is 0.881. The van der Waals surface area contributed by atoms with Crippen LogP contribution >= 0.6 is 0 Å². The fraction of sp³-hybridized carbons (Fsp3) is 0.750. The zero-order valence-corrected chi connectivity index (χ0v) is 8.60. The van der Waals surface area contributed by atoms with E-state index in [9.17, 15) is 13.2 Å². The van der Waals surface area contributed by atoms with Gasteiger partial charge in [-0.05, 0) is 6.42 Å². The molecule has 0 spiro atoms. The number of carbonyl (C=O) groups excluding carboxylic acids is 1. The first kappa shape index (κ1) is 13.2. The van der Waals surface area contributed by atoms with Crippen LogP contribution in [0, 0.1) is 0 Å². The molecule has 0 unspecified atom stereocenters. The van der Waals surface area contributed by atoms with Gasteiger partial charge in [0.2, 0.25) is 0 Å². The molecule has 0 fully saturated rings. The molecule has 0 radical (unpaired) electrons. The second-order valence-electron chi connectivity index (χ2n) is 1.59. The van der Waals surface area contributed by atoms with Gasteiger partial charge in [-0.1, -0.05) is 0 Å². The second kappa shape index (κ2) is 6.30. The van der Waals surface area contributed by atoms with E-state index < -0.39 is 10.1 Å². The summed E-state index contributed by atoms with van der Waals surface area (Å²) in [5.74, 6) is -0.328. The molecule has 0 saturated heterocycles. The third-order valence-electron chi connectivity index (χ3n) is 0.724. The topological polar surface area (TPSA) is 71.4 Å². The van der Waals surface area contributed by atoms with Crippen molar-refractivity contribution in [2.45, 2.75) is 12.8 Å². The minimum atomic E-state index is -3.86. The van der Waals surface area contributed by atoms with Gasteiger partial charge in [-0.3, -0.25) is 4.55 Å². The summed E-state index contributed by atoms with van der Waals surface area (Å²) in [7, 11) is -3.86. The van der Waals surface area contributed by atoms with Crippen LogP contribution in [-0.2, 0) is 14.9 Å². The van der Waals surface area contributed by atoms with Crippen LogP contribution in [0.5, 0.6) is 0 Å². The van der Waals surface area contributed by atoms with Gasteiger partial charge in [0, 0.05) is 6.42 Å². The van der Waals surface area contributed by atoms with Crippen molar-refractivity contribution in [1.29, 1.82) is 0 Å². The van der Waals surface area contributed by atoms with Gasteiger partial charge in [0.15, 0.2) is 0 Å². The monoisotopic (exact) mass is 176 g/mol. The normalized spacial score (nSPS) is 10.1. The number of hydrogen-bond donors (Lipinski definition) is 1. The molecule has 6 heteroatoms. The quantitative estimate of drug-likeness (QED) is 0.214. The van der Waals surface area contributed by atoms with Crippen LogP contribution in [0.25, 0.3) is 0 Å². The van der Waals surface area contributed by atoms with Crippen LogP contribution in [0.3, 0.4) is 0 Å². The van der Waals surface area contributed by atoms with Gasteiger partial charge >= 0.3 is 29.6 Å². The number of carbonyl (C=O) groups is 1. The van der Waals surface area contributed by atoms with Crippen molar-refractivity contribution in [2.75, 3.05) is 5.75 Å². The molecule has 0 amide bonds. The van der Waals surface area contributed by atoms with E-state index in [0.717, 1.165) is 0 Å². The molecule has 0 aliphatic heterocycles. The Labute approximate surface area is 83.5 Å². The molecule has 10 heavy (non-hydrogen) atoms. The van der Waals surface area contributed by atoms with Crippen molar-refractivity contribution in [3.63, 3.8) is 0 Å². The molecule has 0 aromatic rings. The average Bonchev–Trinajstić information content (AvgIpc) is 1.63. The van der Waals surface area contributed by atoms with Gasteiger partial charge in [0.25, 0.3) is 10.1 Å². The van der Waals surface area contributed by atoms with Crippen molar-refractivity contribution in [2.24, 2.45) is 0 Å². The SMILES string of the molecule is O=CCCCS(=O)(=O)O.[H-].[Na+]. The maximum absolute atomic E-state index is 9.95. The van der Waals surface area contributed by atoms with Gasteiger partial charge in [0.05, 0.1) is 5.75 Å². The smallest absolute Gasteiger partial charge is 1.00 e. The van der Waals surface area contributed by atoms with E-state index in [1.54, 1.807) is 0 Å². The Kier molecular flexibility index (Phi) is 8.31. The third kappa shape index (κ3) is 11.4. The molecule has 0 saturated carbocycles. The molecular formula is C4H9NaO4S. The largest absolute Gasteiger partial charge is 1.00 e. The molecule has 0 atom stereocenters. The minimum Gasteiger partial charge on any atom is -1.00 e. The van der Waals surface area contributed by atoms with E-state index in [1.165, 1.54) is 0 Å². The third-order valence-corrected chi connectivity index (χ3v) is 1.53. The maximum atomic E-state index is 9.95. The number of unbranched alkanes of at least 4 members (excludes halogenated alkanes) is 1. The minimum absolute atomic E-state index is 0. The predicted octanol–water partition coefficient (Wildman–Crippen LogP) is -3.03. The molecule has 56 valence electrons. The molecular weight excluding hydrogens is 167 g/mol. The molecule has 0 aliphatic rings. The number of rotatable bonds is 4. The van der Waals surface area contributed by atoms with Gasteiger partial charge in [-0.25, -0.2) is 0 Å². The summed E-state index contributed by atoms with van der Waals surface area (Å²) in [5.41, 5.74) is 0. The summed E-state index contributed by atoms with van der Waals surface area (Å²) >= 11 is 0. The average molecular weight is 176 g/mol. The Morgan fingerprint density at radius 2 is 2.00 bits per heavy atom. The van der Waals surface area contributed by atoms with E-state index in [2.05, 4.69) is 0 Å². The summed E-state index contributed by atoms with van der Waals surface area (Å²) < 4.78 is 28.0. The van der Waals surface area contributed by atoms with Crippen LogP contribution in [0.15, 0.2) is 0 Å². The summed E-state index contributed by atoms with van der Waals surface area (Å²) in [4.78, 5) is 9.61. The Morgan fingerprint density at radius 3 is 2.30 bits per heavy atom. The zero-order chi connectivity index (χ0) is 7.33. The summed E-state index contributed by atoms with van der Waals surface area (Å²) in [6, 6.07) is 0. The van der Waals surface area contributed by atoms with Gasteiger partial charge in [-0.2, -0.15) is 8.42 Å². The van der Waals surface area contributed by atoms with E-state index in [0.29, 0.717) is 6.29 Å². The summed E-state index contributed by atoms with van der Waals surface area (Å²) in [5, 5.41) is 0. The van der Waals surface area contributed by atoms with Gasteiger partial charge < -0.3 is 6.22 Å². The molecule has 0 bridgehead atoms. The maximum Gasteiger partial charge on any atom is 1.00 e. The van der Waals surface area contributed by atoms with Crippen LogP contribution < -0.4 is 29.6 Å². The summed E-state index contributed by atoms with van der Waals surface area (Å²) in [6.07, 6.45) is 0.993. The predicted molar refractivity (Wildman–Crippen MR) is 32.8 cm³/mol. The molecule has 4 nitrogen and oxygen atoms in total. The molecule has 0 heterocycles. The van der Waals surface area contributed by atoms with E-state index in [1.807, 2.05) is 0 Å². The van der Waals surface area contributed by atoms with Crippen molar-refractivity contribution >= 4 is 16.4 Å². The second-order valence-corrected chi connectivity index (χ2v) is 3.17.